The molecule has 0 amide bonds. The minimum Gasteiger partial charge on any atom is -0.356 e. The predicted octanol–water partition coefficient (Wildman–Crippen LogP) is 3.95. The Labute approximate surface area is 154 Å². The first-order chi connectivity index (χ1) is 10.1. The summed E-state index contributed by atoms with van der Waals surface area (Å²) in [5.41, 5.74) is 0.564. The molecular weight excluding hydrogens is 416 g/mol. The lowest BCUT2D eigenvalue weighted by Crippen LogP contribution is -2.45. The van der Waals surface area contributed by atoms with E-state index in [4.69, 9.17) is 11.6 Å². The zero-order valence-electron chi connectivity index (χ0n) is 13.1. The second kappa shape index (κ2) is 9.55. The summed E-state index contributed by atoms with van der Waals surface area (Å²) in [6.07, 6.45) is 2.94. The van der Waals surface area contributed by atoms with Gasteiger partial charge in [-0.2, -0.15) is 0 Å². The Morgan fingerprint density at radius 1 is 1.41 bits per heavy atom. The maximum atomic E-state index is 13.7. The van der Waals surface area contributed by atoms with E-state index in [1.165, 1.54) is 18.9 Å². The van der Waals surface area contributed by atoms with Gasteiger partial charge in [0.2, 0.25) is 0 Å². The first-order valence-electron chi connectivity index (χ1n) is 7.50. The molecule has 0 unspecified atom stereocenters. The number of benzene rings is 1. The van der Waals surface area contributed by atoms with Gasteiger partial charge >= 0.3 is 0 Å². The lowest BCUT2D eigenvalue weighted by molar-refractivity contribution is 0.273. The lowest BCUT2D eigenvalue weighted by atomic mass is 9.99. The van der Waals surface area contributed by atoms with E-state index in [0.717, 1.165) is 25.0 Å². The summed E-state index contributed by atoms with van der Waals surface area (Å²) < 4.78 is 13.7. The Kier molecular flexibility index (Phi) is 8.46. The molecule has 1 N–H and O–H groups in total. The first-order valence-corrected chi connectivity index (χ1v) is 7.88. The van der Waals surface area contributed by atoms with Gasteiger partial charge in [-0.15, -0.1) is 24.0 Å². The van der Waals surface area contributed by atoms with Gasteiger partial charge in [0.25, 0.3) is 0 Å². The highest BCUT2D eigenvalue weighted by Crippen LogP contribution is 2.19. The average Bonchev–Trinajstić information content (AvgIpc) is 2.47. The standard InChI is InChI=1S/C16H23ClFN3.HI/c1-12-7-10-21(11-8-12)16(19-2)20-9-6-13-14(17)4-3-5-15(13)18;/h3-5,12H,6-11H2,1-2H3,(H,19,20);1H. The van der Waals surface area contributed by atoms with Gasteiger partial charge in [0.05, 0.1) is 0 Å². The number of likely N-dealkylation sites (tertiary alicyclic amines) is 1. The van der Waals surface area contributed by atoms with Crippen molar-refractivity contribution < 1.29 is 4.39 Å². The molecule has 1 saturated heterocycles. The van der Waals surface area contributed by atoms with Crippen LogP contribution >= 0.6 is 35.6 Å². The molecule has 1 aliphatic rings. The van der Waals surface area contributed by atoms with Gasteiger partial charge in [0.15, 0.2) is 5.96 Å². The van der Waals surface area contributed by atoms with Gasteiger partial charge < -0.3 is 10.2 Å². The van der Waals surface area contributed by atoms with Crippen LogP contribution in [-0.2, 0) is 6.42 Å². The fourth-order valence-electron chi connectivity index (χ4n) is 2.62. The highest BCUT2D eigenvalue weighted by Gasteiger charge is 2.18. The SMILES string of the molecule is CN=C(NCCc1c(F)cccc1Cl)N1CCC(C)CC1.I. The van der Waals surface area contributed by atoms with E-state index in [1.54, 1.807) is 19.2 Å². The Morgan fingerprint density at radius 2 is 2.09 bits per heavy atom. The van der Waals surface area contributed by atoms with Crippen molar-refractivity contribution in [2.24, 2.45) is 10.9 Å². The Balaban J connectivity index is 0.00000242. The smallest absolute Gasteiger partial charge is 0.193 e. The van der Waals surface area contributed by atoms with Crippen molar-refractivity contribution in [2.75, 3.05) is 26.7 Å². The lowest BCUT2D eigenvalue weighted by Gasteiger charge is -2.32. The molecule has 0 spiro atoms. The normalized spacial score (nSPS) is 16.4. The molecule has 1 aromatic rings. The summed E-state index contributed by atoms with van der Waals surface area (Å²) >= 11 is 6.04. The average molecular weight is 440 g/mol. The van der Waals surface area contributed by atoms with Crippen LogP contribution in [0.1, 0.15) is 25.3 Å². The van der Waals surface area contributed by atoms with E-state index < -0.39 is 0 Å². The molecular formula is C16H24ClFIN3. The Bertz CT molecular complexity index is 482. The number of rotatable bonds is 3. The van der Waals surface area contributed by atoms with Gasteiger partial charge in [0, 0.05) is 37.3 Å². The Hall–Kier alpha value is -0.560. The van der Waals surface area contributed by atoms with Crippen molar-refractivity contribution in [3.63, 3.8) is 0 Å². The largest absolute Gasteiger partial charge is 0.356 e. The second-order valence-corrected chi connectivity index (χ2v) is 6.00. The number of hydrogen-bond acceptors (Lipinski definition) is 1. The van der Waals surface area contributed by atoms with Crippen LogP contribution < -0.4 is 5.32 Å². The molecule has 6 heteroatoms. The summed E-state index contributed by atoms with van der Waals surface area (Å²) in [6, 6.07) is 4.80. The van der Waals surface area contributed by atoms with E-state index in [0.29, 0.717) is 23.6 Å². The Morgan fingerprint density at radius 3 is 2.68 bits per heavy atom. The van der Waals surface area contributed by atoms with Crippen LogP contribution in [0.25, 0.3) is 0 Å². The maximum Gasteiger partial charge on any atom is 0.193 e. The van der Waals surface area contributed by atoms with Crippen LogP contribution in [0.2, 0.25) is 5.02 Å². The van der Waals surface area contributed by atoms with E-state index in [2.05, 4.69) is 22.1 Å². The molecule has 1 fully saturated rings. The number of aliphatic imine (C=N–C) groups is 1. The van der Waals surface area contributed by atoms with Crippen molar-refractivity contribution in [2.45, 2.75) is 26.2 Å². The number of nitrogens with one attached hydrogen (secondary N) is 1. The minimum absolute atomic E-state index is 0. The topological polar surface area (TPSA) is 27.6 Å². The van der Waals surface area contributed by atoms with E-state index in [9.17, 15) is 4.39 Å². The summed E-state index contributed by atoms with van der Waals surface area (Å²) in [5, 5.41) is 3.79. The molecule has 124 valence electrons. The van der Waals surface area contributed by atoms with E-state index in [-0.39, 0.29) is 29.8 Å². The maximum absolute atomic E-state index is 13.7. The number of halogens is 3. The first kappa shape index (κ1) is 19.5. The van der Waals surface area contributed by atoms with Crippen LogP contribution in [0.15, 0.2) is 23.2 Å². The molecule has 1 aromatic carbocycles. The fraction of sp³-hybridized carbons (Fsp3) is 0.562. The molecule has 0 aromatic heterocycles. The van der Waals surface area contributed by atoms with Crippen LogP contribution in [0, 0.1) is 11.7 Å². The van der Waals surface area contributed by atoms with Crippen molar-refractivity contribution in [3.05, 3.63) is 34.6 Å². The number of hydrogen-bond donors (Lipinski definition) is 1. The minimum atomic E-state index is -0.244. The molecule has 0 radical (unpaired) electrons. The van der Waals surface area contributed by atoms with Gasteiger partial charge in [0.1, 0.15) is 5.82 Å². The number of piperidine rings is 1. The zero-order chi connectivity index (χ0) is 15.2. The fourth-order valence-corrected chi connectivity index (χ4v) is 2.88. The molecule has 22 heavy (non-hydrogen) atoms. The summed E-state index contributed by atoms with van der Waals surface area (Å²) in [7, 11) is 1.79. The van der Waals surface area contributed by atoms with E-state index in [1.807, 2.05) is 0 Å². The molecule has 0 bridgehead atoms. The third-order valence-corrected chi connectivity index (χ3v) is 4.37. The third kappa shape index (κ3) is 5.26. The molecule has 0 atom stereocenters. The second-order valence-electron chi connectivity index (χ2n) is 5.59. The summed E-state index contributed by atoms with van der Waals surface area (Å²) in [4.78, 5) is 6.58. The van der Waals surface area contributed by atoms with Crippen LogP contribution in [0.3, 0.4) is 0 Å². The van der Waals surface area contributed by atoms with Crippen molar-refractivity contribution in [1.29, 1.82) is 0 Å². The summed E-state index contributed by atoms with van der Waals surface area (Å²) in [5.74, 6) is 1.44. The molecule has 3 nitrogen and oxygen atoms in total. The zero-order valence-corrected chi connectivity index (χ0v) is 16.2. The van der Waals surface area contributed by atoms with Crippen LogP contribution in [0.5, 0.6) is 0 Å². The number of guanidine groups is 1. The third-order valence-electron chi connectivity index (χ3n) is 4.01. The van der Waals surface area contributed by atoms with Crippen LogP contribution in [-0.4, -0.2) is 37.5 Å². The summed E-state index contributed by atoms with van der Waals surface area (Å²) in [6.45, 7) is 4.97. The highest BCUT2D eigenvalue weighted by molar-refractivity contribution is 14.0. The highest BCUT2D eigenvalue weighted by atomic mass is 127. The van der Waals surface area contributed by atoms with Crippen LogP contribution in [0.4, 0.5) is 4.39 Å². The van der Waals surface area contributed by atoms with Gasteiger partial charge in [-0.1, -0.05) is 24.6 Å². The van der Waals surface area contributed by atoms with E-state index >= 15 is 0 Å². The predicted molar refractivity (Wildman–Crippen MR) is 102 cm³/mol. The number of nitrogens with zero attached hydrogens (tertiary/aromatic N) is 2. The van der Waals surface area contributed by atoms with Crippen molar-refractivity contribution in [3.8, 4) is 0 Å². The molecule has 0 saturated carbocycles. The van der Waals surface area contributed by atoms with Crippen molar-refractivity contribution >= 4 is 41.5 Å². The van der Waals surface area contributed by atoms with Crippen molar-refractivity contribution in [1.82, 2.24) is 10.2 Å². The monoisotopic (exact) mass is 439 g/mol. The van der Waals surface area contributed by atoms with Gasteiger partial charge in [-0.25, -0.2) is 4.39 Å². The van der Waals surface area contributed by atoms with Gasteiger partial charge in [-0.05, 0) is 37.3 Å². The molecule has 2 rings (SSSR count). The molecule has 1 heterocycles. The quantitative estimate of drug-likeness (QED) is 0.439. The molecule has 1 aliphatic heterocycles. The van der Waals surface area contributed by atoms with Gasteiger partial charge in [-0.3, -0.25) is 4.99 Å². The molecule has 0 aliphatic carbocycles.